The molecule has 0 amide bonds. The highest BCUT2D eigenvalue weighted by Gasteiger charge is 2.16. The lowest BCUT2D eigenvalue weighted by Gasteiger charge is -2.26. The standard InChI is InChI=1S/C22H26N6O3S/c1-28-13-16(12-23-17-9-10-31-14-17)7-8-22(28)27-21-11-20(24-15-25-21)26-18-5-3-4-6-19(18)32(2,29)30/h3-8,11-12,15,17H,9-10,13-14H2,1-2H3,(H2,24,25,26,27). The van der Waals surface area contributed by atoms with E-state index >= 15 is 0 Å². The monoisotopic (exact) mass is 454 g/mol. The van der Waals surface area contributed by atoms with Crippen LogP contribution in [0.2, 0.25) is 0 Å². The smallest absolute Gasteiger partial charge is 0.177 e. The number of allylic oxidation sites excluding steroid dienone is 2. The first-order chi connectivity index (χ1) is 15.4. The number of para-hydroxylation sites is 1. The highest BCUT2D eigenvalue weighted by molar-refractivity contribution is 7.90. The van der Waals surface area contributed by atoms with Gasteiger partial charge in [-0.1, -0.05) is 18.2 Å². The Labute approximate surface area is 187 Å². The average Bonchev–Trinajstić information content (AvgIpc) is 3.28. The molecule has 32 heavy (non-hydrogen) atoms. The van der Waals surface area contributed by atoms with Crippen molar-refractivity contribution >= 4 is 33.4 Å². The topological polar surface area (TPSA) is 109 Å². The molecular weight excluding hydrogens is 428 g/mol. The molecule has 9 nitrogen and oxygen atoms in total. The van der Waals surface area contributed by atoms with E-state index in [9.17, 15) is 8.42 Å². The van der Waals surface area contributed by atoms with Gasteiger partial charge in [-0.3, -0.25) is 4.99 Å². The van der Waals surface area contributed by atoms with E-state index in [2.05, 4.69) is 30.5 Å². The molecule has 0 bridgehead atoms. The van der Waals surface area contributed by atoms with Gasteiger partial charge in [-0.15, -0.1) is 0 Å². The number of likely N-dealkylation sites (N-methyl/N-ethyl adjacent to an activating group) is 1. The summed E-state index contributed by atoms with van der Waals surface area (Å²) in [7, 11) is -1.38. The van der Waals surface area contributed by atoms with Gasteiger partial charge in [0.25, 0.3) is 0 Å². The lowest BCUT2D eigenvalue weighted by molar-refractivity contribution is 0.194. The Bertz CT molecular complexity index is 1170. The summed E-state index contributed by atoms with van der Waals surface area (Å²) in [4.78, 5) is 15.4. The SMILES string of the molecule is CN1CC(C=NC2CCOC2)=CC=C1Nc1cc(Nc2ccccc2S(C)(=O)=O)ncn1. The van der Waals surface area contributed by atoms with Crippen LogP contribution in [0.1, 0.15) is 6.42 Å². The maximum absolute atomic E-state index is 12.0. The zero-order chi connectivity index (χ0) is 22.6. The summed E-state index contributed by atoms with van der Waals surface area (Å²) in [6, 6.07) is 8.71. The van der Waals surface area contributed by atoms with Gasteiger partial charge in [0.2, 0.25) is 0 Å². The van der Waals surface area contributed by atoms with Crippen LogP contribution in [0, 0.1) is 0 Å². The molecule has 2 aromatic rings. The number of anilines is 3. The third-order valence-corrected chi connectivity index (χ3v) is 6.27. The van der Waals surface area contributed by atoms with Gasteiger partial charge < -0.3 is 20.3 Å². The molecule has 0 spiro atoms. The van der Waals surface area contributed by atoms with Crippen molar-refractivity contribution in [2.75, 3.05) is 43.7 Å². The first kappa shape index (κ1) is 22.0. The van der Waals surface area contributed by atoms with Gasteiger partial charge in [0.1, 0.15) is 23.8 Å². The minimum atomic E-state index is -3.37. The molecule has 1 unspecified atom stereocenters. The molecule has 168 valence electrons. The van der Waals surface area contributed by atoms with E-state index in [4.69, 9.17) is 4.74 Å². The number of hydrogen-bond donors (Lipinski definition) is 2. The molecule has 1 aromatic carbocycles. The van der Waals surface area contributed by atoms with Crippen LogP contribution in [0.15, 0.2) is 70.1 Å². The van der Waals surface area contributed by atoms with Crippen LogP contribution in [-0.4, -0.2) is 68.6 Å². The second kappa shape index (κ2) is 9.49. The second-order valence-electron chi connectivity index (χ2n) is 7.75. The Kier molecular flexibility index (Phi) is 6.52. The zero-order valence-corrected chi connectivity index (χ0v) is 18.8. The molecule has 2 aliphatic heterocycles. The summed E-state index contributed by atoms with van der Waals surface area (Å²) >= 11 is 0. The first-order valence-electron chi connectivity index (χ1n) is 10.3. The maximum Gasteiger partial charge on any atom is 0.177 e. The summed E-state index contributed by atoms with van der Waals surface area (Å²) in [6.07, 6.45) is 9.51. The second-order valence-corrected chi connectivity index (χ2v) is 9.74. The van der Waals surface area contributed by atoms with Gasteiger partial charge in [0, 0.05) is 38.7 Å². The summed E-state index contributed by atoms with van der Waals surface area (Å²) in [5.41, 5.74) is 1.58. The summed E-state index contributed by atoms with van der Waals surface area (Å²) in [6.45, 7) is 2.19. The van der Waals surface area contributed by atoms with Gasteiger partial charge in [-0.25, -0.2) is 18.4 Å². The van der Waals surface area contributed by atoms with Gasteiger partial charge in [-0.05, 0) is 30.2 Å². The van der Waals surface area contributed by atoms with E-state index in [1.807, 2.05) is 25.4 Å². The van der Waals surface area contributed by atoms with Crippen molar-refractivity contribution in [3.05, 3.63) is 60.2 Å². The first-order valence-corrected chi connectivity index (χ1v) is 12.2. The minimum Gasteiger partial charge on any atom is -0.379 e. The number of aromatic nitrogens is 2. The lowest BCUT2D eigenvalue weighted by atomic mass is 10.2. The third kappa shape index (κ3) is 5.51. The van der Waals surface area contributed by atoms with E-state index in [0.717, 1.165) is 24.4 Å². The quantitative estimate of drug-likeness (QED) is 0.615. The van der Waals surface area contributed by atoms with Crippen molar-refractivity contribution in [1.82, 2.24) is 14.9 Å². The van der Waals surface area contributed by atoms with Crippen LogP contribution in [0.4, 0.5) is 17.3 Å². The summed E-state index contributed by atoms with van der Waals surface area (Å²) < 4.78 is 29.4. The fraction of sp³-hybridized carbons (Fsp3) is 0.318. The number of ether oxygens (including phenoxy) is 1. The molecule has 2 aliphatic rings. The molecule has 1 aromatic heterocycles. The van der Waals surface area contributed by atoms with E-state index in [1.165, 1.54) is 12.6 Å². The third-order valence-electron chi connectivity index (χ3n) is 5.12. The molecule has 0 radical (unpaired) electrons. The van der Waals surface area contributed by atoms with E-state index < -0.39 is 9.84 Å². The van der Waals surface area contributed by atoms with Gasteiger partial charge in [0.05, 0.1) is 23.2 Å². The number of hydrogen-bond acceptors (Lipinski definition) is 9. The van der Waals surface area contributed by atoms with Crippen molar-refractivity contribution in [3.8, 4) is 0 Å². The largest absolute Gasteiger partial charge is 0.379 e. The van der Waals surface area contributed by atoms with Crippen LogP contribution in [0.3, 0.4) is 0 Å². The Morgan fingerprint density at radius 2 is 1.97 bits per heavy atom. The molecule has 1 atom stereocenters. The van der Waals surface area contributed by atoms with Crippen LogP contribution in [-0.2, 0) is 14.6 Å². The van der Waals surface area contributed by atoms with Crippen molar-refractivity contribution in [3.63, 3.8) is 0 Å². The number of nitrogens with one attached hydrogen (secondary N) is 2. The molecule has 1 fully saturated rings. The predicted octanol–water partition coefficient (Wildman–Crippen LogP) is 2.61. The van der Waals surface area contributed by atoms with Crippen LogP contribution in [0.5, 0.6) is 0 Å². The predicted molar refractivity (Wildman–Crippen MR) is 125 cm³/mol. The van der Waals surface area contributed by atoms with E-state index in [1.54, 1.807) is 30.3 Å². The van der Waals surface area contributed by atoms with E-state index in [0.29, 0.717) is 30.5 Å². The van der Waals surface area contributed by atoms with Crippen molar-refractivity contribution in [1.29, 1.82) is 0 Å². The molecule has 1 saturated heterocycles. The normalized spacial score (nSPS) is 19.1. The Balaban J connectivity index is 1.46. The van der Waals surface area contributed by atoms with Crippen molar-refractivity contribution in [2.45, 2.75) is 17.4 Å². The minimum absolute atomic E-state index is 0.214. The number of sulfone groups is 1. The van der Waals surface area contributed by atoms with Gasteiger partial charge in [0.15, 0.2) is 9.84 Å². The number of nitrogens with zero attached hydrogens (tertiary/aromatic N) is 4. The summed E-state index contributed by atoms with van der Waals surface area (Å²) in [5.74, 6) is 1.96. The maximum atomic E-state index is 12.0. The van der Waals surface area contributed by atoms with Crippen LogP contribution in [0.25, 0.3) is 0 Å². The molecule has 3 heterocycles. The summed E-state index contributed by atoms with van der Waals surface area (Å²) in [5, 5.41) is 6.36. The number of rotatable bonds is 7. The molecule has 10 heteroatoms. The Morgan fingerprint density at radius 3 is 2.69 bits per heavy atom. The van der Waals surface area contributed by atoms with E-state index in [-0.39, 0.29) is 10.9 Å². The highest BCUT2D eigenvalue weighted by atomic mass is 32.2. The van der Waals surface area contributed by atoms with Crippen LogP contribution >= 0.6 is 0 Å². The van der Waals surface area contributed by atoms with Crippen molar-refractivity contribution in [2.24, 2.45) is 4.99 Å². The molecular formula is C22H26N6O3S. The fourth-order valence-corrected chi connectivity index (χ4v) is 4.29. The van der Waals surface area contributed by atoms with Gasteiger partial charge >= 0.3 is 0 Å². The number of aliphatic imine (C=N–C) groups is 1. The van der Waals surface area contributed by atoms with Gasteiger partial charge in [-0.2, -0.15) is 0 Å². The molecule has 2 N–H and O–H groups in total. The average molecular weight is 455 g/mol. The fourth-order valence-electron chi connectivity index (χ4n) is 3.44. The molecule has 0 saturated carbocycles. The van der Waals surface area contributed by atoms with Crippen molar-refractivity contribution < 1.29 is 13.2 Å². The number of benzene rings is 1. The Hall–Kier alpha value is -3.24. The lowest BCUT2D eigenvalue weighted by Crippen LogP contribution is -2.28. The van der Waals surface area contributed by atoms with Crippen LogP contribution < -0.4 is 10.6 Å². The highest BCUT2D eigenvalue weighted by Crippen LogP contribution is 2.25. The molecule has 4 rings (SSSR count). The Morgan fingerprint density at radius 1 is 1.19 bits per heavy atom. The molecule has 0 aliphatic carbocycles. The zero-order valence-electron chi connectivity index (χ0n) is 18.0.